The van der Waals surface area contributed by atoms with Crippen LogP contribution >= 0.6 is 0 Å². The van der Waals surface area contributed by atoms with Crippen LogP contribution in [-0.2, 0) is 42.9 Å². The molecule has 38 heavy (non-hydrogen) atoms. The number of hydrogen-bond acceptors (Lipinski definition) is 9. The number of carbonyl (C=O) groups is 5. The Labute approximate surface area is 219 Å². The molecule has 0 amide bonds. The molecular weight excluding hydrogens is 499 g/mol. The van der Waals surface area contributed by atoms with Gasteiger partial charge in [-0.25, -0.2) is 4.39 Å². The Kier molecular flexibility index (Phi) is 5.62. The summed E-state index contributed by atoms with van der Waals surface area (Å²) in [6.07, 6.45) is 4.13. The zero-order chi connectivity index (χ0) is 28.1. The van der Waals surface area contributed by atoms with Crippen LogP contribution in [0.3, 0.4) is 0 Å². The van der Waals surface area contributed by atoms with E-state index >= 15 is 4.39 Å². The molecule has 0 bridgehead atoms. The van der Waals surface area contributed by atoms with Crippen molar-refractivity contribution in [2.45, 2.75) is 77.5 Å². The topological polar surface area (TPSA) is 122 Å². The summed E-state index contributed by atoms with van der Waals surface area (Å²) in [4.78, 5) is 63.5. The maximum atomic E-state index is 17.5. The van der Waals surface area contributed by atoms with Gasteiger partial charge in [-0.1, -0.05) is 13.0 Å². The maximum absolute atomic E-state index is 17.5. The standard InChI is InChI=1S/C28H31FO9/c1-14(30)35-13-22(34)28-23(37-24(3,4)38-28)11-17-18-10-20(36-15(2)31)19-9-16(32)7-8-25(19,5)27(18,29)21(33)12-26(17,28)6/h7-10,17-18,23H,11-13H2,1-6H3/t17-,18-,23+,25-,26-,27-,28+/m0/s1. The van der Waals surface area contributed by atoms with Crippen LogP contribution in [0.4, 0.5) is 4.39 Å². The molecular formula is C28H31FO9. The van der Waals surface area contributed by atoms with Crippen LogP contribution in [0.5, 0.6) is 0 Å². The van der Waals surface area contributed by atoms with Gasteiger partial charge in [-0.15, -0.1) is 0 Å². The van der Waals surface area contributed by atoms with Gasteiger partial charge in [-0.05, 0) is 51.3 Å². The van der Waals surface area contributed by atoms with Gasteiger partial charge < -0.3 is 18.9 Å². The molecule has 4 aliphatic carbocycles. The van der Waals surface area contributed by atoms with Crippen molar-refractivity contribution >= 4 is 29.3 Å². The van der Waals surface area contributed by atoms with Gasteiger partial charge >= 0.3 is 11.9 Å². The molecule has 1 heterocycles. The maximum Gasteiger partial charge on any atom is 0.308 e. The third kappa shape index (κ3) is 3.25. The van der Waals surface area contributed by atoms with Crippen molar-refractivity contribution in [2.75, 3.05) is 6.61 Å². The van der Waals surface area contributed by atoms with Gasteiger partial charge in [0.1, 0.15) is 5.76 Å². The van der Waals surface area contributed by atoms with E-state index in [-0.39, 0.29) is 24.2 Å². The van der Waals surface area contributed by atoms with Gasteiger partial charge in [-0.3, -0.25) is 24.0 Å². The van der Waals surface area contributed by atoms with Crippen molar-refractivity contribution < 1.29 is 47.3 Å². The molecule has 10 heteroatoms. The van der Waals surface area contributed by atoms with Gasteiger partial charge in [0.2, 0.25) is 5.78 Å². The number of rotatable bonds is 4. The molecule has 5 rings (SSSR count). The number of ketones is 3. The Bertz CT molecular complexity index is 1280. The summed E-state index contributed by atoms with van der Waals surface area (Å²) in [5.41, 5.74) is -6.92. The number of alkyl halides is 1. The van der Waals surface area contributed by atoms with E-state index in [9.17, 15) is 24.0 Å². The predicted octanol–water partition coefficient (Wildman–Crippen LogP) is 2.86. The van der Waals surface area contributed by atoms with E-state index in [1.807, 2.05) is 0 Å². The molecule has 0 radical (unpaired) electrons. The number of hydrogen-bond donors (Lipinski definition) is 0. The first-order chi connectivity index (χ1) is 17.5. The fourth-order valence-electron chi connectivity index (χ4n) is 7.61. The molecule has 0 unspecified atom stereocenters. The number of carbonyl (C=O) groups excluding carboxylic acids is 5. The van der Waals surface area contributed by atoms with Crippen molar-refractivity contribution in [3.05, 3.63) is 35.6 Å². The second-order valence-corrected chi connectivity index (χ2v) is 11.8. The van der Waals surface area contributed by atoms with Crippen LogP contribution < -0.4 is 0 Å². The second kappa shape index (κ2) is 8.02. The van der Waals surface area contributed by atoms with Crippen molar-refractivity contribution in [1.29, 1.82) is 0 Å². The smallest absolute Gasteiger partial charge is 0.308 e. The van der Waals surface area contributed by atoms with Crippen LogP contribution in [0.25, 0.3) is 0 Å². The van der Waals surface area contributed by atoms with E-state index in [0.717, 1.165) is 0 Å². The first-order valence-electron chi connectivity index (χ1n) is 12.6. The molecule has 0 aromatic heterocycles. The highest BCUT2D eigenvalue weighted by Gasteiger charge is 2.80. The number of fused-ring (bicyclic) bond motifs is 7. The Morgan fingerprint density at radius 1 is 1.11 bits per heavy atom. The molecule has 0 aromatic carbocycles. The van der Waals surface area contributed by atoms with E-state index in [0.29, 0.717) is 0 Å². The zero-order valence-electron chi connectivity index (χ0n) is 22.2. The summed E-state index contributed by atoms with van der Waals surface area (Å²) in [7, 11) is 0. The van der Waals surface area contributed by atoms with Crippen LogP contribution in [0.2, 0.25) is 0 Å². The highest BCUT2D eigenvalue weighted by Crippen LogP contribution is 2.71. The van der Waals surface area contributed by atoms with E-state index in [4.69, 9.17) is 18.9 Å². The number of Topliss-reactive ketones (excluding diaryl/α,β-unsaturated/α-hetero) is 2. The lowest BCUT2D eigenvalue weighted by atomic mass is 9.46. The average Bonchev–Trinajstić information content (AvgIpc) is 3.21. The summed E-state index contributed by atoms with van der Waals surface area (Å²) in [6.45, 7) is 8.30. The molecule has 0 N–H and O–H groups in total. The fourth-order valence-corrected chi connectivity index (χ4v) is 7.61. The molecule has 0 aromatic rings. The normalized spacial score (nSPS) is 42.2. The van der Waals surface area contributed by atoms with Gasteiger partial charge in [0.15, 0.2) is 35.2 Å². The van der Waals surface area contributed by atoms with E-state index < -0.39 is 81.7 Å². The van der Waals surface area contributed by atoms with E-state index in [1.165, 1.54) is 45.1 Å². The first kappa shape index (κ1) is 26.6. The molecule has 204 valence electrons. The molecule has 0 spiro atoms. The monoisotopic (exact) mass is 530 g/mol. The summed E-state index contributed by atoms with van der Waals surface area (Å²) in [6, 6.07) is 0. The summed E-state index contributed by atoms with van der Waals surface area (Å²) in [5.74, 6) is -6.04. The molecule has 1 saturated heterocycles. The summed E-state index contributed by atoms with van der Waals surface area (Å²) < 4.78 is 40.4. The van der Waals surface area contributed by atoms with Crippen LogP contribution in [-0.4, -0.2) is 59.1 Å². The second-order valence-electron chi connectivity index (χ2n) is 11.8. The highest BCUT2D eigenvalue weighted by atomic mass is 19.1. The largest absolute Gasteiger partial charge is 0.458 e. The van der Waals surface area contributed by atoms with Gasteiger partial charge in [0.05, 0.1) is 11.5 Å². The van der Waals surface area contributed by atoms with E-state index in [1.54, 1.807) is 20.8 Å². The van der Waals surface area contributed by atoms with Gasteiger partial charge in [0.25, 0.3) is 0 Å². The van der Waals surface area contributed by atoms with E-state index in [2.05, 4.69) is 0 Å². The number of esters is 2. The number of halogens is 1. The van der Waals surface area contributed by atoms with Gasteiger partial charge in [0, 0.05) is 37.2 Å². The first-order valence-corrected chi connectivity index (χ1v) is 12.6. The van der Waals surface area contributed by atoms with Gasteiger partial charge in [-0.2, -0.15) is 0 Å². The highest BCUT2D eigenvalue weighted by molar-refractivity contribution is 6.04. The third-order valence-electron chi connectivity index (χ3n) is 9.10. The average molecular weight is 531 g/mol. The molecule has 1 aliphatic heterocycles. The molecule has 5 aliphatic rings. The minimum Gasteiger partial charge on any atom is -0.458 e. The van der Waals surface area contributed by atoms with Crippen molar-refractivity contribution in [3.8, 4) is 0 Å². The number of ether oxygens (including phenoxy) is 4. The van der Waals surface area contributed by atoms with Crippen molar-refractivity contribution in [2.24, 2.45) is 22.7 Å². The summed E-state index contributed by atoms with van der Waals surface area (Å²) in [5, 5.41) is 0. The molecule has 2 saturated carbocycles. The predicted molar refractivity (Wildman–Crippen MR) is 128 cm³/mol. The van der Waals surface area contributed by atoms with Crippen LogP contribution in [0.15, 0.2) is 35.6 Å². The zero-order valence-corrected chi connectivity index (χ0v) is 22.2. The van der Waals surface area contributed by atoms with Crippen LogP contribution in [0.1, 0.15) is 54.4 Å². The lowest BCUT2D eigenvalue weighted by Gasteiger charge is -2.58. The lowest BCUT2D eigenvalue weighted by molar-refractivity contribution is -0.218. The lowest BCUT2D eigenvalue weighted by Crippen LogP contribution is -2.68. The van der Waals surface area contributed by atoms with Crippen molar-refractivity contribution in [3.63, 3.8) is 0 Å². The minimum atomic E-state index is -2.50. The Balaban J connectivity index is 1.69. The summed E-state index contributed by atoms with van der Waals surface area (Å²) >= 11 is 0. The van der Waals surface area contributed by atoms with Crippen LogP contribution in [0, 0.1) is 22.7 Å². The molecule has 7 atom stereocenters. The van der Waals surface area contributed by atoms with Crippen molar-refractivity contribution in [1.82, 2.24) is 0 Å². The minimum absolute atomic E-state index is 0.00698. The Morgan fingerprint density at radius 3 is 2.42 bits per heavy atom. The Morgan fingerprint density at radius 2 is 1.79 bits per heavy atom. The third-order valence-corrected chi connectivity index (χ3v) is 9.10. The quantitative estimate of drug-likeness (QED) is 0.505. The molecule has 3 fully saturated rings. The molecule has 9 nitrogen and oxygen atoms in total. The fraction of sp³-hybridized carbons (Fsp3) is 0.607. The Hall–Kier alpha value is -2.98. The number of allylic oxidation sites excluding steroid dienone is 5. The SMILES string of the molecule is CC(=O)OCC(=O)[C@@]12OC(C)(C)O[C@@H]1C[C@H]1[C@@H]3C=C(OC(C)=O)C4=CC(=O)C=C[C@]4(C)[C@@]3(F)C(=O)C[C@@]12C.